The van der Waals surface area contributed by atoms with Crippen LogP contribution in [0.4, 0.5) is 0 Å². The molecule has 0 radical (unpaired) electrons. The van der Waals surface area contributed by atoms with Crippen molar-refractivity contribution in [1.82, 2.24) is 5.32 Å². The van der Waals surface area contributed by atoms with Crippen molar-refractivity contribution in [2.45, 2.75) is 232 Å². The lowest BCUT2D eigenvalue weighted by Crippen LogP contribution is -2.47. The summed E-state index contributed by atoms with van der Waals surface area (Å²) in [6.45, 7) is 6.70. The van der Waals surface area contributed by atoms with Crippen LogP contribution in [-0.4, -0.2) is 74.3 Å². The van der Waals surface area contributed by atoms with Gasteiger partial charge in [0.25, 0.3) is 0 Å². The Morgan fingerprint density at radius 2 is 0.855 bits per heavy atom. The van der Waals surface area contributed by atoms with Gasteiger partial charge in [-0.1, -0.05) is 225 Å². The van der Waals surface area contributed by atoms with Gasteiger partial charge < -0.3 is 19.4 Å². The van der Waals surface area contributed by atoms with Gasteiger partial charge in [0, 0.05) is 12.8 Å². The van der Waals surface area contributed by atoms with Gasteiger partial charge in [0.1, 0.15) is 19.3 Å². The van der Waals surface area contributed by atoms with Gasteiger partial charge in [-0.3, -0.25) is 18.6 Å². The summed E-state index contributed by atoms with van der Waals surface area (Å²) in [6, 6.07) is -0.891. The monoisotopic (exact) mass is 1080 g/mol. The molecule has 3 unspecified atom stereocenters. The van der Waals surface area contributed by atoms with E-state index in [1.165, 1.54) is 51.4 Å². The number of hydrogen-bond donors (Lipinski definition) is 2. The molecule has 2 N–H and O–H groups in total. The quantitative estimate of drug-likeness (QED) is 0.0205. The molecule has 0 aliphatic carbocycles. The molecule has 9 nitrogen and oxygen atoms in total. The third kappa shape index (κ3) is 54.9. The molecule has 0 saturated heterocycles. The normalized spacial score (nSPS) is 14.7. The Bertz CT molecular complexity index is 1760. The molecule has 0 heterocycles. The first-order chi connectivity index (χ1) is 36.9. The van der Waals surface area contributed by atoms with Crippen molar-refractivity contribution in [2.75, 3.05) is 40.9 Å². The molecule has 3 atom stereocenters. The summed E-state index contributed by atoms with van der Waals surface area (Å²) >= 11 is 0. The van der Waals surface area contributed by atoms with Crippen LogP contribution in [0, 0.1) is 0 Å². The van der Waals surface area contributed by atoms with E-state index in [1.54, 1.807) is 0 Å². The zero-order chi connectivity index (χ0) is 55.7. The summed E-state index contributed by atoms with van der Waals surface area (Å²) in [4.78, 5) is 37.7. The van der Waals surface area contributed by atoms with Crippen molar-refractivity contribution in [3.63, 3.8) is 0 Å². The van der Waals surface area contributed by atoms with E-state index in [0.717, 1.165) is 122 Å². The Labute approximate surface area is 466 Å². The van der Waals surface area contributed by atoms with E-state index in [1.807, 2.05) is 33.3 Å². The summed E-state index contributed by atoms with van der Waals surface area (Å²) in [5.41, 5.74) is 0. The van der Waals surface area contributed by atoms with E-state index in [2.05, 4.69) is 148 Å². The summed E-state index contributed by atoms with van der Waals surface area (Å²) in [5.74, 6) is -0.607. The Hall–Kier alpha value is -3.85. The smallest absolute Gasteiger partial charge is 0.456 e. The average Bonchev–Trinajstić information content (AvgIpc) is 3.38. The highest BCUT2D eigenvalue weighted by Gasteiger charge is 2.30. The molecule has 0 aliphatic rings. The van der Waals surface area contributed by atoms with Crippen LogP contribution < -0.4 is 5.32 Å². The van der Waals surface area contributed by atoms with Crippen molar-refractivity contribution >= 4 is 19.7 Å². The number of allylic oxidation sites excluding steroid dienone is 21. The van der Waals surface area contributed by atoms with Gasteiger partial charge in [-0.25, -0.2) is 4.57 Å². The number of carbonyl (C=O) groups is 2. The summed E-state index contributed by atoms with van der Waals surface area (Å²) in [7, 11) is 1.43. The Morgan fingerprint density at radius 1 is 0.474 bits per heavy atom. The van der Waals surface area contributed by atoms with E-state index in [-0.39, 0.29) is 32.0 Å². The number of carbonyl (C=O) groups excluding carboxylic acids is 2. The van der Waals surface area contributed by atoms with Gasteiger partial charge in [-0.05, 0) is 115 Å². The minimum atomic E-state index is -4.48. The van der Waals surface area contributed by atoms with Crippen molar-refractivity contribution in [3.05, 3.63) is 134 Å². The molecule has 0 fully saturated rings. The van der Waals surface area contributed by atoms with E-state index < -0.39 is 25.9 Å². The highest BCUT2D eigenvalue weighted by molar-refractivity contribution is 7.47. The highest BCUT2D eigenvalue weighted by Crippen LogP contribution is 2.43. The topological polar surface area (TPSA) is 111 Å². The van der Waals surface area contributed by atoms with Gasteiger partial charge >= 0.3 is 13.8 Å². The predicted molar refractivity (Wildman–Crippen MR) is 327 cm³/mol. The van der Waals surface area contributed by atoms with Crippen LogP contribution in [0.1, 0.15) is 220 Å². The third-order valence-corrected chi connectivity index (χ3v) is 13.3. The maximum absolute atomic E-state index is 13.5. The molecule has 0 aromatic carbocycles. The number of nitrogens with zero attached hydrogens (tertiary/aromatic N) is 1. The fraction of sp³-hybridized carbons (Fsp3) is 0.636. The molecule has 0 bridgehead atoms. The number of rotatable bonds is 52. The van der Waals surface area contributed by atoms with Crippen molar-refractivity contribution in [1.29, 1.82) is 0 Å². The minimum absolute atomic E-state index is 0.0195. The maximum atomic E-state index is 13.5. The number of ether oxygens (including phenoxy) is 1. The van der Waals surface area contributed by atoms with E-state index in [9.17, 15) is 19.0 Å². The fourth-order valence-electron chi connectivity index (χ4n) is 7.77. The average molecular weight is 1080 g/mol. The second-order valence-electron chi connectivity index (χ2n) is 20.8. The molecular weight excluding hydrogens is 964 g/mol. The number of phosphoric acid groups is 1. The molecule has 76 heavy (non-hydrogen) atoms. The van der Waals surface area contributed by atoms with Crippen LogP contribution in [0.5, 0.6) is 0 Å². The number of phosphoric ester groups is 1. The highest BCUT2D eigenvalue weighted by atomic mass is 31.2. The summed E-state index contributed by atoms with van der Waals surface area (Å²) < 4.78 is 30.6. The molecule has 0 aliphatic heterocycles. The van der Waals surface area contributed by atoms with Crippen molar-refractivity contribution in [2.24, 2.45) is 0 Å². The molecular formula is C66H112N2O7P+. The lowest BCUT2D eigenvalue weighted by molar-refractivity contribution is -0.870. The van der Waals surface area contributed by atoms with Gasteiger partial charge in [0.2, 0.25) is 5.91 Å². The number of esters is 1. The molecule has 0 rings (SSSR count). The van der Waals surface area contributed by atoms with Gasteiger partial charge in [0.15, 0.2) is 0 Å². The second-order valence-corrected chi connectivity index (χ2v) is 22.2. The van der Waals surface area contributed by atoms with Crippen molar-refractivity contribution in [3.8, 4) is 0 Å². The predicted octanol–water partition coefficient (Wildman–Crippen LogP) is 18.5. The SMILES string of the molecule is CC/C=C\C/C=C\C/C=C\C/C=C\C/C=C\CCCCCCCC(=O)NC(COP(=O)(O)OCC[N+](C)(C)C)C(/C=C\CCCCCCCCCCCC)OC(=O)CCC/C=C\C/C=C\C/C=C\C/C=C\C/C=C\CC. The van der Waals surface area contributed by atoms with E-state index in [0.29, 0.717) is 23.9 Å². The van der Waals surface area contributed by atoms with Crippen LogP contribution in [0.15, 0.2) is 134 Å². The molecule has 432 valence electrons. The van der Waals surface area contributed by atoms with Crippen LogP contribution in [0.25, 0.3) is 0 Å². The first kappa shape index (κ1) is 72.2. The first-order valence-electron chi connectivity index (χ1n) is 30.0. The fourth-order valence-corrected chi connectivity index (χ4v) is 8.50. The van der Waals surface area contributed by atoms with E-state index >= 15 is 0 Å². The zero-order valence-electron chi connectivity index (χ0n) is 49.2. The van der Waals surface area contributed by atoms with Gasteiger partial charge in [-0.2, -0.15) is 0 Å². The maximum Gasteiger partial charge on any atom is 0.472 e. The number of nitrogens with one attached hydrogen (secondary N) is 1. The Balaban J connectivity index is 5.42. The summed E-state index contributed by atoms with van der Waals surface area (Å²) in [5, 5.41) is 3.02. The largest absolute Gasteiger partial charge is 0.472 e. The molecule has 0 aromatic rings. The number of likely N-dealkylation sites (N-methyl/N-ethyl adjacent to an activating group) is 1. The number of quaternary nitrogens is 1. The van der Waals surface area contributed by atoms with Gasteiger partial charge in [-0.15, -0.1) is 0 Å². The van der Waals surface area contributed by atoms with Gasteiger partial charge in [0.05, 0.1) is 33.8 Å². The summed E-state index contributed by atoms with van der Waals surface area (Å²) in [6.07, 6.45) is 77.4. The number of hydrogen-bond acceptors (Lipinski definition) is 6. The lowest BCUT2D eigenvalue weighted by atomic mass is 10.0. The lowest BCUT2D eigenvalue weighted by Gasteiger charge is -2.27. The zero-order valence-corrected chi connectivity index (χ0v) is 50.1. The third-order valence-electron chi connectivity index (χ3n) is 12.3. The minimum Gasteiger partial charge on any atom is -0.456 e. The molecule has 10 heteroatoms. The van der Waals surface area contributed by atoms with Crippen LogP contribution in [0.3, 0.4) is 0 Å². The first-order valence-corrected chi connectivity index (χ1v) is 31.5. The van der Waals surface area contributed by atoms with Crippen LogP contribution >= 0.6 is 7.82 Å². The molecule has 0 aromatic heterocycles. The molecule has 1 amide bonds. The standard InChI is InChI=1S/C66H111N2O7P/c1-7-10-13-16-19-22-25-28-30-32-33-34-35-37-38-40-43-46-49-52-55-58-65(69)67-63(62-74-76(71,72)73-61-60-68(4,5)6)64(57-54-51-48-45-42-27-24-21-18-15-12-9-3)75-66(70)59-56-53-50-47-44-41-39-36-31-29-26-23-20-17-14-11-8-2/h10-11,13-14,19-20,22-23,28-31,33-34,37-39,41,47,50,54,57,63-64H,7-9,12,15-18,21,24-27,32,35-36,40,42-46,48-49,51-53,55-56,58-62H2,1-6H3,(H-,67,69,71,72)/p+1/b13-10-,14-11-,22-19-,23-20-,30-28-,31-29-,34-33-,38-37-,41-39-,50-47-,57-54-. The van der Waals surface area contributed by atoms with E-state index in [4.69, 9.17) is 13.8 Å². The van der Waals surface area contributed by atoms with Crippen LogP contribution in [0.2, 0.25) is 0 Å². The Morgan fingerprint density at radius 3 is 1.29 bits per heavy atom. The molecule has 0 saturated carbocycles. The Kier molecular flexibility index (Phi) is 51.7. The van der Waals surface area contributed by atoms with Crippen LogP contribution in [-0.2, 0) is 27.9 Å². The number of amides is 1. The van der Waals surface area contributed by atoms with Crippen molar-refractivity contribution < 1.29 is 37.3 Å². The second kappa shape index (κ2) is 54.5. The molecule has 0 spiro atoms. The number of unbranched alkanes of at least 4 members (excludes halogenated alkanes) is 16.